The van der Waals surface area contributed by atoms with Gasteiger partial charge in [-0.3, -0.25) is 9.59 Å². The molecule has 1 aromatic carbocycles. The third-order valence-electron chi connectivity index (χ3n) is 3.33. The van der Waals surface area contributed by atoms with Gasteiger partial charge in [-0.1, -0.05) is 35.3 Å². The van der Waals surface area contributed by atoms with Crippen molar-refractivity contribution in [1.29, 1.82) is 0 Å². The van der Waals surface area contributed by atoms with Crippen LogP contribution < -0.4 is 5.32 Å². The van der Waals surface area contributed by atoms with Crippen LogP contribution in [0.25, 0.3) is 0 Å². The number of amides is 2. The van der Waals surface area contributed by atoms with Gasteiger partial charge in [0.15, 0.2) is 0 Å². The average molecular weight is 343 g/mol. The van der Waals surface area contributed by atoms with Gasteiger partial charge in [-0.25, -0.2) is 4.39 Å². The van der Waals surface area contributed by atoms with Crippen LogP contribution in [-0.2, 0) is 16.1 Å². The summed E-state index contributed by atoms with van der Waals surface area (Å²) >= 11 is 3.29. The van der Waals surface area contributed by atoms with Gasteiger partial charge in [-0.2, -0.15) is 0 Å². The van der Waals surface area contributed by atoms with E-state index in [0.717, 1.165) is 12.0 Å². The van der Waals surface area contributed by atoms with E-state index in [1.54, 1.807) is 11.0 Å². The first kappa shape index (κ1) is 15.0. The highest BCUT2D eigenvalue weighted by atomic mass is 79.9. The molecule has 1 saturated heterocycles. The smallest absolute Gasteiger partial charge is 0.243 e. The summed E-state index contributed by atoms with van der Waals surface area (Å²) in [6, 6.07) is 3.89. The minimum absolute atomic E-state index is 0.0257. The Morgan fingerprint density at radius 3 is 2.85 bits per heavy atom. The zero-order valence-electron chi connectivity index (χ0n) is 11.2. The minimum Gasteiger partial charge on any atom is -0.345 e. The molecule has 1 aromatic rings. The van der Waals surface area contributed by atoms with Crippen molar-refractivity contribution in [1.82, 2.24) is 10.2 Å². The van der Waals surface area contributed by atoms with Gasteiger partial charge in [-0.05, 0) is 24.1 Å². The summed E-state index contributed by atoms with van der Waals surface area (Å²) in [5, 5.41) is 2.60. The van der Waals surface area contributed by atoms with Crippen LogP contribution in [0.15, 0.2) is 22.7 Å². The molecule has 20 heavy (non-hydrogen) atoms. The Labute approximate surface area is 125 Å². The second-order valence-corrected chi connectivity index (χ2v) is 5.63. The highest BCUT2D eigenvalue weighted by Crippen LogP contribution is 2.22. The highest BCUT2D eigenvalue weighted by molar-refractivity contribution is 9.10. The van der Waals surface area contributed by atoms with Crippen molar-refractivity contribution in [3.05, 3.63) is 34.1 Å². The number of carbonyl (C=O) groups excluding carboxylic acids is 2. The van der Waals surface area contributed by atoms with E-state index in [0.29, 0.717) is 17.4 Å². The molecule has 1 aliphatic rings. The van der Waals surface area contributed by atoms with Gasteiger partial charge in [0.1, 0.15) is 11.9 Å². The predicted octanol–water partition coefficient (Wildman–Crippen LogP) is 2.22. The number of piperazine rings is 1. The van der Waals surface area contributed by atoms with Crippen LogP contribution >= 0.6 is 15.9 Å². The van der Waals surface area contributed by atoms with Crippen molar-refractivity contribution in [2.24, 2.45) is 0 Å². The Morgan fingerprint density at radius 1 is 1.45 bits per heavy atom. The largest absolute Gasteiger partial charge is 0.345 e. The molecule has 4 nitrogen and oxygen atoms in total. The van der Waals surface area contributed by atoms with E-state index in [1.807, 2.05) is 6.92 Å². The van der Waals surface area contributed by atoms with Gasteiger partial charge >= 0.3 is 0 Å². The normalized spacial score (nSPS) is 19.1. The molecule has 1 atom stereocenters. The number of hydrogen-bond acceptors (Lipinski definition) is 2. The van der Waals surface area contributed by atoms with E-state index in [-0.39, 0.29) is 24.2 Å². The number of halogens is 2. The molecule has 0 saturated carbocycles. The minimum atomic E-state index is -0.446. The van der Waals surface area contributed by atoms with Gasteiger partial charge in [0.25, 0.3) is 0 Å². The van der Waals surface area contributed by atoms with Crippen molar-refractivity contribution in [2.45, 2.75) is 32.4 Å². The Hall–Kier alpha value is -1.43. The molecule has 0 spiro atoms. The number of benzene rings is 1. The van der Waals surface area contributed by atoms with Gasteiger partial charge in [0, 0.05) is 11.0 Å². The fraction of sp³-hybridized carbons (Fsp3) is 0.429. The van der Waals surface area contributed by atoms with Gasteiger partial charge in [-0.15, -0.1) is 0 Å². The first-order chi connectivity index (χ1) is 9.52. The van der Waals surface area contributed by atoms with Crippen LogP contribution in [-0.4, -0.2) is 29.3 Å². The van der Waals surface area contributed by atoms with Crippen molar-refractivity contribution < 1.29 is 14.0 Å². The number of carbonyl (C=O) groups is 2. The van der Waals surface area contributed by atoms with Crippen LogP contribution in [0, 0.1) is 5.82 Å². The third kappa shape index (κ3) is 3.17. The van der Waals surface area contributed by atoms with E-state index >= 15 is 0 Å². The fourth-order valence-corrected chi connectivity index (χ4v) is 2.77. The molecule has 0 aliphatic carbocycles. The standard InChI is InChI=1S/C14H16BrFN2O2/c1-2-3-12-14(20)17-7-13(19)18(12)8-9-4-5-10(16)6-11(9)15/h4-6,12H,2-3,7-8H2,1H3,(H,17,20). The lowest BCUT2D eigenvalue weighted by molar-refractivity contribution is -0.146. The maximum atomic E-state index is 13.1. The molecule has 1 N–H and O–H groups in total. The number of hydrogen-bond donors (Lipinski definition) is 1. The molecular formula is C14H16BrFN2O2. The summed E-state index contributed by atoms with van der Waals surface area (Å²) in [4.78, 5) is 25.5. The number of nitrogens with zero attached hydrogens (tertiary/aromatic N) is 1. The first-order valence-corrected chi connectivity index (χ1v) is 7.33. The van der Waals surface area contributed by atoms with E-state index in [2.05, 4.69) is 21.2 Å². The second-order valence-electron chi connectivity index (χ2n) is 4.78. The predicted molar refractivity (Wildman–Crippen MR) is 76.4 cm³/mol. The molecule has 1 aliphatic heterocycles. The Morgan fingerprint density at radius 2 is 2.20 bits per heavy atom. The van der Waals surface area contributed by atoms with Gasteiger partial charge < -0.3 is 10.2 Å². The lowest BCUT2D eigenvalue weighted by Crippen LogP contribution is -2.57. The summed E-state index contributed by atoms with van der Waals surface area (Å²) in [6.45, 7) is 2.30. The molecule has 6 heteroatoms. The molecule has 1 heterocycles. The lowest BCUT2D eigenvalue weighted by Gasteiger charge is -2.35. The zero-order chi connectivity index (χ0) is 14.7. The average Bonchev–Trinajstić information content (AvgIpc) is 2.40. The molecule has 0 bridgehead atoms. The van der Waals surface area contributed by atoms with Gasteiger partial charge in [0.05, 0.1) is 6.54 Å². The lowest BCUT2D eigenvalue weighted by atomic mass is 10.1. The summed E-state index contributed by atoms with van der Waals surface area (Å²) in [5.41, 5.74) is 0.788. The maximum Gasteiger partial charge on any atom is 0.243 e. The van der Waals surface area contributed by atoms with E-state index in [1.165, 1.54) is 12.1 Å². The summed E-state index contributed by atoms with van der Waals surface area (Å²) in [6.07, 6.45) is 1.43. The molecule has 2 rings (SSSR count). The monoisotopic (exact) mass is 342 g/mol. The van der Waals surface area contributed by atoms with E-state index < -0.39 is 6.04 Å². The SMILES string of the molecule is CCCC1C(=O)NCC(=O)N1Cc1ccc(F)cc1Br. The second kappa shape index (κ2) is 6.35. The fourth-order valence-electron chi connectivity index (χ4n) is 2.29. The van der Waals surface area contributed by atoms with Crippen LogP contribution in [0.3, 0.4) is 0 Å². The molecule has 2 amide bonds. The van der Waals surface area contributed by atoms with E-state index in [9.17, 15) is 14.0 Å². The van der Waals surface area contributed by atoms with Crippen molar-refractivity contribution in [3.8, 4) is 0 Å². The van der Waals surface area contributed by atoms with E-state index in [4.69, 9.17) is 0 Å². The number of rotatable bonds is 4. The summed E-state index contributed by atoms with van der Waals surface area (Å²) in [7, 11) is 0. The molecule has 0 aromatic heterocycles. The number of nitrogens with one attached hydrogen (secondary N) is 1. The van der Waals surface area contributed by atoms with Crippen LogP contribution in [0.4, 0.5) is 4.39 Å². The summed E-state index contributed by atoms with van der Waals surface area (Å²) in [5.74, 6) is -0.572. The maximum absolute atomic E-state index is 13.1. The third-order valence-corrected chi connectivity index (χ3v) is 4.07. The van der Waals surface area contributed by atoms with Crippen molar-refractivity contribution in [2.75, 3.05) is 6.54 Å². The van der Waals surface area contributed by atoms with Crippen molar-refractivity contribution >= 4 is 27.7 Å². The molecule has 1 unspecified atom stereocenters. The Balaban J connectivity index is 2.23. The molecular weight excluding hydrogens is 327 g/mol. The first-order valence-electron chi connectivity index (χ1n) is 6.54. The van der Waals surface area contributed by atoms with Crippen LogP contribution in [0.5, 0.6) is 0 Å². The summed E-state index contributed by atoms with van der Waals surface area (Å²) < 4.78 is 13.7. The Bertz CT molecular complexity index is 536. The van der Waals surface area contributed by atoms with Gasteiger partial charge in [0.2, 0.25) is 11.8 Å². The molecule has 1 fully saturated rings. The van der Waals surface area contributed by atoms with Crippen molar-refractivity contribution in [3.63, 3.8) is 0 Å². The Kier molecular flexibility index (Phi) is 4.75. The molecule has 108 valence electrons. The molecule has 0 radical (unpaired) electrons. The zero-order valence-corrected chi connectivity index (χ0v) is 12.7. The van der Waals surface area contributed by atoms with Crippen LogP contribution in [0.2, 0.25) is 0 Å². The highest BCUT2D eigenvalue weighted by Gasteiger charge is 2.33. The topological polar surface area (TPSA) is 49.4 Å². The van der Waals surface area contributed by atoms with Crippen LogP contribution in [0.1, 0.15) is 25.3 Å². The quantitative estimate of drug-likeness (QED) is 0.911.